The zero-order chi connectivity index (χ0) is 30.8. The summed E-state index contributed by atoms with van der Waals surface area (Å²) in [7, 11) is 0. The summed E-state index contributed by atoms with van der Waals surface area (Å²) in [5.74, 6) is 1.03. The third kappa shape index (κ3) is 6.57. The van der Waals surface area contributed by atoms with Crippen LogP contribution in [0, 0.1) is 11.8 Å². The van der Waals surface area contributed by atoms with Crippen molar-refractivity contribution in [1.29, 1.82) is 0 Å². The van der Waals surface area contributed by atoms with Gasteiger partial charge >= 0.3 is 270 Å². The minimum atomic E-state index is -2.67. The minimum absolute atomic E-state index is 0. The maximum Gasteiger partial charge on any atom is -1.00 e. The molecule has 0 aromatic heterocycles. The van der Waals surface area contributed by atoms with E-state index in [1.54, 1.807) is 28.8 Å². The van der Waals surface area contributed by atoms with Crippen molar-refractivity contribution in [1.82, 2.24) is 0 Å². The predicted octanol–water partition coefficient (Wildman–Crippen LogP) is 4.61. The van der Waals surface area contributed by atoms with Gasteiger partial charge in [0.1, 0.15) is 0 Å². The maximum absolute atomic E-state index is 2.81. The third-order valence-corrected chi connectivity index (χ3v) is 17.4. The molecule has 0 saturated heterocycles. The Morgan fingerprint density at radius 3 is 2.11 bits per heavy atom. The van der Waals surface area contributed by atoms with Crippen LogP contribution in [0.15, 0.2) is 93.3 Å². The van der Waals surface area contributed by atoms with E-state index in [0.717, 1.165) is 6.42 Å². The van der Waals surface area contributed by atoms with E-state index in [1.165, 1.54) is 38.6 Å². The molecule has 6 rings (SSSR count). The summed E-state index contributed by atoms with van der Waals surface area (Å²) in [6.45, 7) is 23.9. The smallest absolute Gasteiger partial charge is 1.00 e. The summed E-state index contributed by atoms with van der Waals surface area (Å²) in [4.78, 5) is 0. The van der Waals surface area contributed by atoms with Gasteiger partial charge in [-0.1, -0.05) is 0 Å². The second-order valence-electron chi connectivity index (χ2n) is 15.3. The Morgan fingerprint density at radius 2 is 1.47 bits per heavy atom. The van der Waals surface area contributed by atoms with Gasteiger partial charge in [-0.3, -0.25) is 0 Å². The fraction of sp³-hybridized carbons (Fsp3) is 0.357. The second kappa shape index (κ2) is 13.2. The summed E-state index contributed by atoms with van der Waals surface area (Å²) >= 11 is -2.67. The van der Waals surface area contributed by atoms with Gasteiger partial charge in [0.25, 0.3) is 0 Å². The Labute approximate surface area is 292 Å². The first kappa shape index (κ1) is 35.8. The van der Waals surface area contributed by atoms with Crippen molar-refractivity contribution in [2.24, 2.45) is 11.8 Å². The van der Waals surface area contributed by atoms with Crippen LogP contribution in [0.5, 0.6) is 0 Å². The molecule has 0 heterocycles. The molecule has 45 heavy (non-hydrogen) atoms. The molecular formula is C42H48Cl2Zr. The molecule has 2 aliphatic rings. The van der Waals surface area contributed by atoms with E-state index in [9.17, 15) is 0 Å². The minimum Gasteiger partial charge on any atom is -1.00 e. The average molecular weight is 715 g/mol. The van der Waals surface area contributed by atoms with E-state index < -0.39 is 21.3 Å². The van der Waals surface area contributed by atoms with Crippen LogP contribution in [-0.4, -0.2) is 3.71 Å². The van der Waals surface area contributed by atoms with Crippen molar-refractivity contribution in [3.63, 3.8) is 0 Å². The molecule has 0 fully saturated rings. The largest absolute Gasteiger partial charge is 1.00 e. The summed E-state index contributed by atoms with van der Waals surface area (Å²) in [6, 6.07) is 28.1. The van der Waals surface area contributed by atoms with Crippen LogP contribution in [0.25, 0.3) is 21.9 Å². The van der Waals surface area contributed by atoms with Gasteiger partial charge in [0.15, 0.2) is 0 Å². The third-order valence-electron chi connectivity index (χ3n) is 9.78. The quantitative estimate of drug-likeness (QED) is 0.255. The second-order valence-corrected chi connectivity index (χ2v) is 20.6. The first-order valence-electron chi connectivity index (χ1n) is 16.2. The molecule has 234 valence electrons. The van der Waals surface area contributed by atoms with E-state index in [0.29, 0.717) is 11.8 Å². The predicted molar refractivity (Wildman–Crippen MR) is 186 cm³/mol. The standard InChI is InChI=1S/C21H25.C11H8.C10H15.2ClH.Zr/c1-20(2,3)16-7-9-18-14(12-16)11-15-13-17(21(4,5)6)8-10-19(15)18;1-9-5-4-7-10-6-2-3-8-11(9)10;1-7(2)10-6-8(3)5-9(10)4;;;/h7-10,12H,11H2,1-6H3;1-8H;6-8H,1-4H3;2*1H;/q;;;;;+2/p-2. The van der Waals surface area contributed by atoms with Crippen LogP contribution in [-0.2, 0) is 38.5 Å². The van der Waals surface area contributed by atoms with Gasteiger partial charge in [-0.2, -0.15) is 0 Å². The van der Waals surface area contributed by atoms with Crippen LogP contribution in [0.4, 0.5) is 0 Å². The van der Waals surface area contributed by atoms with Crippen molar-refractivity contribution < 1.29 is 46.1 Å². The van der Waals surface area contributed by atoms with E-state index in [2.05, 4.69) is 152 Å². The Balaban J connectivity index is 0.00000230. The van der Waals surface area contributed by atoms with Crippen LogP contribution in [0.2, 0.25) is 0 Å². The average Bonchev–Trinajstić information content (AvgIpc) is 3.46. The first-order chi connectivity index (χ1) is 20.3. The van der Waals surface area contributed by atoms with E-state index in [1.807, 2.05) is 0 Å². The number of allylic oxidation sites excluding steroid dienone is 4. The SMILES string of the molecule is CC1=[C](/[Zr+2](=[CH]/c2cccc3ccccc23)[c]2c(C(C)(C)C)ccc3c2Cc2cc(C(C)(C)C)ccc2-3)C(C)C=C1C(C)C.[Cl-].[Cl-]. The van der Waals surface area contributed by atoms with Gasteiger partial charge in [-0.15, -0.1) is 0 Å². The fourth-order valence-electron chi connectivity index (χ4n) is 7.54. The number of halogens is 2. The molecule has 0 nitrogen and oxygen atoms in total. The number of hydrogen-bond acceptors (Lipinski definition) is 0. The Hall–Kier alpha value is -2.05. The fourth-order valence-corrected chi connectivity index (χ4v) is 16.3. The van der Waals surface area contributed by atoms with Crippen molar-refractivity contribution in [3.8, 4) is 11.1 Å². The number of fused-ring (bicyclic) bond motifs is 4. The van der Waals surface area contributed by atoms with Gasteiger partial charge in [-0.05, 0) is 0 Å². The molecule has 4 aromatic rings. The molecule has 0 bridgehead atoms. The van der Waals surface area contributed by atoms with Crippen LogP contribution in [0.3, 0.4) is 0 Å². The van der Waals surface area contributed by atoms with Gasteiger partial charge in [0, 0.05) is 0 Å². The van der Waals surface area contributed by atoms with Crippen LogP contribution in [0.1, 0.15) is 97.1 Å². The van der Waals surface area contributed by atoms with Crippen molar-refractivity contribution in [3.05, 3.63) is 121 Å². The Kier molecular flexibility index (Phi) is 10.5. The maximum atomic E-state index is 2.81. The van der Waals surface area contributed by atoms with E-state index >= 15 is 0 Å². The van der Waals surface area contributed by atoms with Gasteiger partial charge < -0.3 is 24.8 Å². The zero-order valence-corrected chi connectivity index (χ0v) is 32.7. The van der Waals surface area contributed by atoms with E-state index in [-0.39, 0.29) is 35.6 Å². The molecule has 1 unspecified atom stereocenters. The molecule has 0 spiro atoms. The normalized spacial score (nSPS) is 16.0. The first-order valence-corrected chi connectivity index (χ1v) is 20.1. The summed E-state index contributed by atoms with van der Waals surface area (Å²) in [5, 5.41) is 2.72. The molecule has 0 saturated carbocycles. The number of rotatable bonds is 4. The molecule has 1 atom stereocenters. The molecule has 0 amide bonds. The van der Waals surface area contributed by atoms with E-state index in [4.69, 9.17) is 0 Å². The van der Waals surface area contributed by atoms with Gasteiger partial charge in [0.2, 0.25) is 0 Å². The van der Waals surface area contributed by atoms with Crippen LogP contribution >= 0.6 is 0 Å². The molecule has 0 aliphatic heterocycles. The van der Waals surface area contributed by atoms with Gasteiger partial charge in [0.05, 0.1) is 0 Å². The Morgan fingerprint density at radius 1 is 0.800 bits per heavy atom. The number of benzene rings is 4. The van der Waals surface area contributed by atoms with Crippen molar-refractivity contribution in [2.75, 3.05) is 0 Å². The summed E-state index contributed by atoms with van der Waals surface area (Å²) < 4.78 is 6.31. The zero-order valence-electron chi connectivity index (χ0n) is 28.7. The van der Waals surface area contributed by atoms with Crippen molar-refractivity contribution >= 4 is 17.8 Å². The topological polar surface area (TPSA) is 0 Å². The molecule has 0 N–H and O–H groups in total. The molecule has 2 aliphatic carbocycles. The van der Waals surface area contributed by atoms with Gasteiger partial charge in [-0.25, -0.2) is 0 Å². The van der Waals surface area contributed by atoms with Crippen LogP contribution < -0.4 is 28.1 Å². The molecule has 4 aromatic carbocycles. The molecular weight excluding hydrogens is 667 g/mol. The van der Waals surface area contributed by atoms with Crippen molar-refractivity contribution in [2.45, 2.75) is 86.5 Å². The number of hydrogen-bond donors (Lipinski definition) is 0. The molecule has 3 heteroatoms. The summed E-state index contributed by atoms with van der Waals surface area (Å²) in [5.41, 5.74) is 13.8. The monoisotopic (exact) mass is 712 g/mol. The molecule has 0 radical (unpaired) electrons. The summed E-state index contributed by atoms with van der Waals surface area (Å²) in [6.07, 6.45) is 3.64. The Bertz CT molecular complexity index is 1850.